The number of hydrogen-bond donors (Lipinski definition) is 1. The van der Waals surface area contributed by atoms with Crippen LogP contribution in [0.25, 0.3) is 0 Å². The Labute approximate surface area is 98.4 Å². The molecule has 2 nitrogen and oxygen atoms in total. The molecule has 79 valence electrons. The number of allylic oxidation sites excluding steroid dienone is 1. The van der Waals surface area contributed by atoms with E-state index in [4.69, 9.17) is 5.21 Å². The predicted octanol–water partition coefficient (Wildman–Crippen LogP) is 3.76. The van der Waals surface area contributed by atoms with E-state index in [0.717, 1.165) is 10.9 Å². The highest BCUT2D eigenvalue weighted by atomic mass is 79.9. The van der Waals surface area contributed by atoms with Crippen molar-refractivity contribution in [3.63, 3.8) is 0 Å². The predicted molar refractivity (Wildman–Crippen MR) is 65.3 cm³/mol. The van der Waals surface area contributed by atoms with Gasteiger partial charge >= 0.3 is 0 Å². The average molecular weight is 267 g/mol. The topological polar surface area (TPSA) is 32.6 Å². The molecule has 15 heavy (non-hydrogen) atoms. The molecule has 0 aliphatic carbocycles. The normalized spacial score (nSPS) is 12.9. The van der Waals surface area contributed by atoms with Crippen LogP contribution >= 0.6 is 15.9 Å². The minimum Gasteiger partial charge on any atom is -0.411 e. The van der Waals surface area contributed by atoms with Gasteiger partial charge in [0.25, 0.3) is 0 Å². The van der Waals surface area contributed by atoms with Gasteiger partial charge in [0.1, 0.15) is 0 Å². The van der Waals surface area contributed by atoms with Crippen LogP contribution in [-0.2, 0) is 0 Å². The summed E-state index contributed by atoms with van der Waals surface area (Å²) in [6, 6.07) is 8.11. The van der Waals surface area contributed by atoms with E-state index >= 15 is 0 Å². The molecule has 1 N–H and O–H groups in total. The summed E-state index contributed by atoms with van der Waals surface area (Å²) in [6.45, 7) is 3.61. The van der Waals surface area contributed by atoms with Crippen molar-refractivity contribution in [2.45, 2.75) is 18.8 Å². The molecule has 0 aliphatic heterocycles. The summed E-state index contributed by atoms with van der Waals surface area (Å²) >= 11 is 3.39. The van der Waals surface area contributed by atoms with Crippen LogP contribution < -0.4 is 0 Å². The maximum absolute atomic E-state index is 8.40. The number of benzene rings is 1. The monoisotopic (exact) mass is 266 g/mol. The number of hydrogen-bond acceptors (Lipinski definition) is 2. The quantitative estimate of drug-likeness (QED) is 0.491. The molecule has 0 fully saturated rings. The van der Waals surface area contributed by atoms with Crippen molar-refractivity contribution in [2.75, 3.05) is 0 Å². The molecule has 0 amide bonds. The third-order valence-corrected chi connectivity index (χ3v) is 2.73. The lowest BCUT2D eigenvalue weighted by atomic mass is 9.93. The van der Waals surface area contributed by atoms with E-state index in [0.29, 0.717) is 6.42 Å². The first-order valence-corrected chi connectivity index (χ1v) is 5.48. The molecule has 3 heteroatoms. The second kappa shape index (κ2) is 6.40. The molecule has 0 bridgehead atoms. The number of halogens is 1. The fourth-order valence-electron chi connectivity index (χ4n) is 1.42. The Kier molecular flexibility index (Phi) is 5.12. The largest absolute Gasteiger partial charge is 0.411 e. The van der Waals surface area contributed by atoms with Crippen LogP contribution in [0.5, 0.6) is 0 Å². The first-order chi connectivity index (χ1) is 7.27. The van der Waals surface area contributed by atoms with Gasteiger partial charge in [-0.1, -0.05) is 40.7 Å². The fourth-order valence-corrected chi connectivity index (χ4v) is 1.69. The van der Waals surface area contributed by atoms with E-state index in [9.17, 15) is 0 Å². The van der Waals surface area contributed by atoms with Gasteiger partial charge < -0.3 is 5.21 Å². The second-order valence-electron chi connectivity index (χ2n) is 3.24. The third-order valence-electron chi connectivity index (χ3n) is 2.20. The van der Waals surface area contributed by atoms with Crippen molar-refractivity contribution in [2.24, 2.45) is 5.16 Å². The Bertz CT molecular complexity index is 332. The van der Waals surface area contributed by atoms with Gasteiger partial charge in [-0.3, -0.25) is 0 Å². The summed E-state index contributed by atoms with van der Waals surface area (Å²) in [5, 5.41) is 11.4. The van der Waals surface area contributed by atoms with E-state index in [-0.39, 0.29) is 5.92 Å². The Morgan fingerprint density at radius 2 is 2.13 bits per heavy atom. The van der Waals surface area contributed by atoms with E-state index in [1.165, 1.54) is 11.8 Å². The lowest BCUT2D eigenvalue weighted by molar-refractivity contribution is 0.320. The summed E-state index contributed by atoms with van der Waals surface area (Å²) in [7, 11) is 0. The summed E-state index contributed by atoms with van der Waals surface area (Å²) in [5.74, 6) is 0.284. The van der Waals surface area contributed by atoms with Gasteiger partial charge in [0.15, 0.2) is 0 Å². The highest BCUT2D eigenvalue weighted by molar-refractivity contribution is 9.10. The zero-order chi connectivity index (χ0) is 11.1. The van der Waals surface area contributed by atoms with Crippen molar-refractivity contribution in [3.8, 4) is 0 Å². The standard InChI is InChI=1S/C12H13BrNO/c1-2-3-10(8-9-14-15)11-4-6-12(13)7-5-11/h4-7,9-10,15H,1,3,8H2/b14-9+. The summed E-state index contributed by atoms with van der Waals surface area (Å²) in [4.78, 5) is 0. The molecule has 0 aromatic heterocycles. The molecule has 1 aromatic rings. The van der Waals surface area contributed by atoms with E-state index in [1.807, 2.05) is 12.1 Å². The van der Waals surface area contributed by atoms with Crippen LogP contribution in [0.4, 0.5) is 0 Å². The lowest BCUT2D eigenvalue weighted by Crippen LogP contribution is -1.98. The Balaban J connectivity index is 2.78. The minimum absolute atomic E-state index is 0.284. The number of oxime groups is 1. The summed E-state index contributed by atoms with van der Waals surface area (Å²) in [6.07, 6.45) is 5.84. The average Bonchev–Trinajstić information content (AvgIpc) is 2.25. The molecule has 0 aliphatic rings. The highest BCUT2D eigenvalue weighted by Gasteiger charge is 2.08. The molecular formula is C12H13BrNO. The third kappa shape index (κ3) is 3.88. The molecule has 1 aromatic carbocycles. The van der Waals surface area contributed by atoms with Crippen molar-refractivity contribution in [1.29, 1.82) is 0 Å². The van der Waals surface area contributed by atoms with Crippen LogP contribution in [0.2, 0.25) is 0 Å². The van der Waals surface area contributed by atoms with Crippen LogP contribution in [-0.4, -0.2) is 11.4 Å². The second-order valence-corrected chi connectivity index (χ2v) is 4.15. The highest BCUT2D eigenvalue weighted by Crippen LogP contribution is 2.24. The molecule has 1 atom stereocenters. The van der Waals surface area contributed by atoms with Gasteiger partial charge in [-0.2, -0.15) is 0 Å². The number of rotatable bonds is 5. The molecule has 1 rings (SSSR count). The maximum atomic E-state index is 8.40. The molecule has 0 heterocycles. The Hall–Kier alpha value is -1.09. The molecular weight excluding hydrogens is 254 g/mol. The maximum Gasteiger partial charge on any atom is 0.0442 e. The summed E-state index contributed by atoms with van der Waals surface area (Å²) < 4.78 is 1.06. The van der Waals surface area contributed by atoms with Gasteiger partial charge in [0.2, 0.25) is 0 Å². The molecule has 0 saturated heterocycles. The SMILES string of the molecule is C=[C]CC(C/C=N/O)c1ccc(Br)cc1. The van der Waals surface area contributed by atoms with Gasteiger partial charge in [0.05, 0.1) is 0 Å². The Morgan fingerprint density at radius 3 is 2.67 bits per heavy atom. The first kappa shape index (κ1) is 12.0. The smallest absolute Gasteiger partial charge is 0.0442 e. The zero-order valence-corrected chi connectivity index (χ0v) is 9.94. The van der Waals surface area contributed by atoms with E-state index in [1.54, 1.807) is 0 Å². The van der Waals surface area contributed by atoms with Crippen molar-refractivity contribution >= 4 is 22.1 Å². The van der Waals surface area contributed by atoms with Gasteiger partial charge in [-0.25, -0.2) is 0 Å². The fraction of sp³-hybridized carbons (Fsp3) is 0.250. The number of nitrogens with zero attached hydrogens (tertiary/aromatic N) is 1. The van der Waals surface area contributed by atoms with Gasteiger partial charge in [0, 0.05) is 10.7 Å². The van der Waals surface area contributed by atoms with Gasteiger partial charge in [-0.05, 0) is 36.5 Å². The van der Waals surface area contributed by atoms with Crippen LogP contribution in [0, 0.1) is 6.08 Å². The van der Waals surface area contributed by atoms with Gasteiger partial charge in [-0.15, -0.1) is 5.16 Å². The summed E-state index contributed by atoms with van der Waals surface area (Å²) in [5.41, 5.74) is 1.20. The molecule has 1 unspecified atom stereocenters. The van der Waals surface area contributed by atoms with Crippen LogP contribution in [0.3, 0.4) is 0 Å². The Morgan fingerprint density at radius 1 is 1.47 bits per heavy atom. The van der Waals surface area contributed by atoms with Crippen LogP contribution in [0.15, 0.2) is 40.5 Å². The van der Waals surface area contributed by atoms with Crippen molar-refractivity contribution in [3.05, 3.63) is 47.0 Å². The first-order valence-electron chi connectivity index (χ1n) is 4.69. The lowest BCUT2D eigenvalue weighted by Gasteiger charge is -2.12. The minimum atomic E-state index is 0.284. The zero-order valence-electron chi connectivity index (χ0n) is 8.36. The van der Waals surface area contributed by atoms with Crippen molar-refractivity contribution < 1.29 is 5.21 Å². The van der Waals surface area contributed by atoms with Crippen LogP contribution in [0.1, 0.15) is 24.3 Å². The molecule has 0 saturated carbocycles. The van der Waals surface area contributed by atoms with Crippen molar-refractivity contribution in [1.82, 2.24) is 0 Å². The van der Waals surface area contributed by atoms with E-state index < -0.39 is 0 Å². The van der Waals surface area contributed by atoms with E-state index in [2.05, 4.69) is 45.9 Å². The molecule has 1 radical (unpaired) electrons. The molecule has 0 spiro atoms.